The van der Waals surface area contributed by atoms with E-state index in [2.05, 4.69) is 0 Å². The number of carbonyl (C=O) groups is 3. The molecule has 160 valence electrons. The number of ether oxygens (including phenoxy) is 1. The van der Waals surface area contributed by atoms with Crippen LogP contribution in [0.2, 0.25) is 0 Å². The van der Waals surface area contributed by atoms with Crippen molar-refractivity contribution in [2.75, 3.05) is 19.7 Å². The van der Waals surface area contributed by atoms with Crippen molar-refractivity contribution >= 4 is 41.3 Å². The van der Waals surface area contributed by atoms with E-state index < -0.39 is 17.5 Å². The molecule has 1 N–H and O–H groups in total. The van der Waals surface area contributed by atoms with Gasteiger partial charge in [-0.25, -0.2) is 9.59 Å². The number of aromatic carboxylic acids is 1. The van der Waals surface area contributed by atoms with Gasteiger partial charge in [0.15, 0.2) is 0 Å². The van der Waals surface area contributed by atoms with E-state index in [1.54, 1.807) is 30.0 Å². The Morgan fingerprint density at radius 1 is 1.13 bits per heavy atom. The number of esters is 1. The third kappa shape index (κ3) is 5.66. The van der Waals surface area contributed by atoms with Gasteiger partial charge in [-0.05, 0) is 44.5 Å². The molecule has 30 heavy (non-hydrogen) atoms. The molecule has 2 aromatic rings. The summed E-state index contributed by atoms with van der Waals surface area (Å²) in [5, 5.41) is 9.00. The standard InChI is InChI=1S/C21H24N2O6S/c1-4-22(5-2)17(24)13-23-18(12-19(25)29-6-3)30-16(20(23)26)11-14-7-9-15(10-8-14)21(27)28/h7-12H,4-6,13H2,1-3H3,(H,27,28)/b16-11-,18-12-. The first-order chi connectivity index (χ1) is 14.3. The zero-order chi connectivity index (χ0) is 22.3. The van der Waals surface area contributed by atoms with Gasteiger partial charge in [0.1, 0.15) is 11.2 Å². The zero-order valence-corrected chi connectivity index (χ0v) is 17.9. The Labute approximate surface area is 177 Å². The summed E-state index contributed by atoms with van der Waals surface area (Å²) in [4.78, 5) is 50.0. The van der Waals surface area contributed by atoms with Crippen molar-refractivity contribution in [3.8, 4) is 0 Å². The number of thiazole rings is 1. The molecule has 1 aromatic heterocycles. The van der Waals surface area contributed by atoms with Gasteiger partial charge in [-0.15, -0.1) is 11.3 Å². The van der Waals surface area contributed by atoms with Crippen LogP contribution in [-0.4, -0.2) is 52.1 Å². The van der Waals surface area contributed by atoms with E-state index in [4.69, 9.17) is 9.84 Å². The van der Waals surface area contributed by atoms with Crippen LogP contribution in [0.15, 0.2) is 29.1 Å². The monoisotopic (exact) mass is 432 g/mol. The predicted octanol–water partition coefficient (Wildman–Crippen LogP) is 0.649. The first-order valence-corrected chi connectivity index (χ1v) is 10.3. The largest absolute Gasteiger partial charge is 0.478 e. The van der Waals surface area contributed by atoms with E-state index in [0.29, 0.717) is 27.8 Å². The fourth-order valence-electron chi connectivity index (χ4n) is 2.76. The maximum absolute atomic E-state index is 12.9. The van der Waals surface area contributed by atoms with Crippen molar-refractivity contribution in [3.63, 3.8) is 0 Å². The molecule has 0 unspecified atom stereocenters. The van der Waals surface area contributed by atoms with E-state index in [9.17, 15) is 19.2 Å². The number of likely N-dealkylation sites (N-methyl/N-ethyl adjacent to an activating group) is 1. The Bertz CT molecular complexity index is 1090. The summed E-state index contributed by atoms with van der Waals surface area (Å²) >= 11 is 1.07. The Hall–Kier alpha value is -3.20. The van der Waals surface area contributed by atoms with Crippen LogP contribution in [0.3, 0.4) is 0 Å². The van der Waals surface area contributed by atoms with Crippen molar-refractivity contribution < 1.29 is 24.2 Å². The highest BCUT2D eigenvalue weighted by molar-refractivity contribution is 7.07. The van der Waals surface area contributed by atoms with Crippen molar-refractivity contribution in [1.29, 1.82) is 0 Å². The van der Waals surface area contributed by atoms with Crippen LogP contribution in [0.25, 0.3) is 12.2 Å². The van der Waals surface area contributed by atoms with E-state index >= 15 is 0 Å². The topological polar surface area (TPSA) is 106 Å². The molecule has 0 saturated carbocycles. The summed E-state index contributed by atoms with van der Waals surface area (Å²) in [5.74, 6) is -1.86. The fourth-order valence-corrected chi connectivity index (χ4v) is 3.79. The molecule has 0 radical (unpaired) electrons. The van der Waals surface area contributed by atoms with Crippen LogP contribution in [-0.2, 0) is 20.9 Å². The lowest BCUT2D eigenvalue weighted by atomic mass is 10.1. The maximum atomic E-state index is 12.9. The van der Waals surface area contributed by atoms with Crippen LogP contribution in [0.1, 0.15) is 36.7 Å². The molecule has 2 rings (SSSR count). The number of hydrogen-bond acceptors (Lipinski definition) is 6. The van der Waals surface area contributed by atoms with Crippen molar-refractivity contribution in [1.82, 2.24) is 9.47 Å². The van der Waals surface area contributed by atoms with Crippen LogP contribution >= 0.6 is 11.3 Å². The molecule has 0 aliphatic rings. The molecule has 0 aliphatic heterocycles. The summed E-state index contributed by atoms with van der Waals surface area (Å²) in [6.45, 7) is 6.41. The highest BCUT2D eigenvalue weighted by atomic mass is 32.1. The first-order valence-electron chi connectivity index (χ1n) is 9.51. The predicted molar refractivity (Wildman–Crippen MR) is 114 cm³/mol. The average Bonchev–Trinajstić information content (AvgIpc) is 2.98. The molecule has 0 aliphatic carbocycles. The number of carboxylic acids is 1. The second kappa shape index (κ2) is 10.5. The van der Waals surface area contributed by atoms with E-state index in [-0.39, 0.29) is 24.6 Å². The number of nitrogens with zero attached hydrogens (tertiary/aromatic N) is 2. The van der Waals surface area contributed by atoms with Gasteiger partial charge in [-0.3, -0.25) is 14.2 Å². The van der Waals surface area contributed by atoms with Gasteiger partial charge < -0.3 is 14.7 Å². The first kappa shape index (κ1) is 23.1. The van der Waals surface area contributed by atoms with Gasteiger partial charge in [0.25, 0.3) is 5.56 Å². The minimum absolute atomic E-state index is 0.136. The molecule has 1 heterocycles. The number of hydrogen-bond donors (Lipinski definition) is 1. The lowest BCUT2D eigenvalue weighted by Crippen LogP contribution is -2.40. The average molecular weight is 432 g/mol. The minimum Gasteiger partial charge on any atom is -0.478 e. The second-order valence-corrected chi connectivity index (χ2v) is 7.29. The van der Waals surface area contributed by atoms with Crippen molar-refractivity contribution in [3.05, 3.63) is 54.9 Å². The van der Waals surface area contributed by atoms with Gasteiger partial charge in [-0.2, -0.15) is 0 Å². The summed E-state index contributed by atoms with van der Waals surface area (Å²) in [6.07, 6.45) is 2.80. The maximum Gasteiger partial charge on any atom is 0.335 e. The molecule has 9 heteroatoms. The molecule has 1 aromatic carbocycles. The smallest absolute Gasteiger partial charge is 0.335 e. The highest BCUT2D eigenvalue weighted by Gasteiger charge is 2.15. The molecule has 0 bridgehead atoms. The van der Waals surface area contributed by atoms with E-state index in [0.717, 1.165) is 11.3 Å². The molecule has 0 atom stereocenters. The summed E-state index contributed by atoms with van der Waals surface area (Å²) < 4.78 is 6.83. The number of aromatic nitrogens is 1. The molecular weight excluding hydrogens is 408 g/mol. The minimum atomic E-state index is -1.04. The molecule has 8 nitrogen and oxygen atoms in total. The lowest BCUT2D eigenvalue weighted by Gasteiger charge is -2.18. The highest BCUT2D eigenvalue weighted by Crippen LogP contribution is 2.05. The molecule has 0 spiro atoms. The Morgan fingerprint density at radius 3 is 2.30 bits per heavy atom. The van der Waals surface area contributed by atoms with Crippen molar-refractivity contribution in [2.24, 2.45) is 0 Å². The van der Waals surface area contributed by atoms with Gasteiger partial charge >= 0.3 is 11.9 Å². The summed E-state index contributed by atoms with van der Waals surface area (Å²) in [5.41, 5.74) is 0.360. The van der Waals surface area contributed by atoms with Crippen LogP contribution in [0, 0.1) is 0 Å². The van der Waals surface area contributed by atoms with Gasteiger partial charge in [0.05, 0.1) is 22.8 Å². The normalized spacial score (nSPS) is 12.1. The van der Waals surface area contributed by atoms with Gasteiger partial charge in [0, 0.05) is 13.1 Å². The van der Waals surface area contributed by atoms with Crippen LogP contribution in [0.4, 0.5) is 0 Å². The Kier molecular flexibility index (Phi) is 8.11. The number of benzene rings is 1. The van der Waals surface area contributed by atoms with E-state index in [1.165, 1.54) is 22.8 Å². The number of carboxylic acid groups (broad SMARTS) is 1. The molecule has 0 fully saturated rings. The van der Waals surface area contributed by atoms with Crippen LogP contribution < -0.4 is 14.8 Å². The zero-order valence-electron chi connectivity index (χ0n) is 17.1. The SMILES string of the molecule is CCOC(=O)/C=c1\s/c(=C\c2ccc(C(=O)O)cc2)c(=O)n1CC(=O)N(CC)CC. The summed E-state index contributed by atoms with van der Waals surface area (Å²) in [6, 6.07) is 6.05. The molecule has 0 saturated heterocycles. The second-order valence-electron chi connectivity index (χ2n) is 6.23. The number of carbonyl (C=O) groups excluding carboxylic acids is 2. The fraction of sp³-hybridized carbons (Fsp3) is 0.333. The Morgan fingerprint density at radius 2 is 1.77 bits per heavy atom. The Balaban J connectivity index is 2.56. The quantitative estimate of drug-likeness (QED) is 0.614. The van der Waals surface area contributed by atoms with E-state index in [1.807, 2.05) is 13.8 Å². The lowest BCUT2D eigenvalue weighted by molar-refractivity contribution is -0.135. The third-order valence-corrected chi connectivity index (χ3v) is 5.39. The van der Waals surface area contributed by atoms with Gasteiger partial charge in [-0.1, -0.05) is 12.1 Å². The van der Waals surface area contributed by atoms with Crippen molar-refractivity contribution in [2.45, 2.75) is 27.3 Å². The van der Waals surface area contributed by atoms with Crippen LogP contribution in [0.5, 0.6) is 0 Å². The number of rotatable bonds is 8. The number of amides is 1. The molecular formula is C21H24N2O6S. The summed E-state index contributed by atoms with van der Waals surface area (Å²) in [7, 11) is 0. The van der Waals surface area contributed by atoms with Gasteiger partial charge in [0.2, 0.25) is 5.91 Å². The molecule has 1 amide bonds. The third-order valence-electron chi connectivity index (χ3n) is 4.33.